The van der Waals surface area contributed by atoms with Gasteiger partial charge in [-0.15, -0.1) is 11.3 Å². The summed E-state index contributed by atoms with van der Waals surface area (Å²) in [5.41, 5.74) is 0. The van der Waals surface area contributed by atoms with E-state index in [9.17, 15) is 0 Å². The Labute approximate surface area is 84.8 Å². The lowest BCUT2D eigenvalue weighted by Gasteiger charge is -2.00. The summed E-state index contributed by atoms with van der Waals surface area (Å²) in [5, 5.41) is 5.97. The minimum absolute atomic E-state index is 0.735. The average Bonchev–Trinajstić information content (AvgIpc) is 2.72. The van der Waals surface area contributed by atoms with Crippen LogP contribution in [-0.4, -0.2) is 9.97 Å². The van der Waals surface area contributed by atoms with Gasteiger partial charge in [-0.2, -0.15) is 0 Å². The average molecular weight is 214 g/mol. The van der Waals surface area contributed by atoms with Crippen molar-refractivity contribution >= 4 is 28.8 Å². The molecule has 2 aromatic heterocycles. The largest absolute Gasteiger partial charge is 0.365 e. The third-order valence-electron chi connectivity index (χ3n) is 1.63. The Bertz CT molecular complexity index is 368. The Hall–Kier alpha value is -1.00. The van der Waals surface area contributed by atoms with Crippen LogP contribution in [0.4, 0.5) is 5.82 Å². The second-order valence-corrected chi connectivity index (χ2v) is 3.92. The Morgan fingerprint density at radius 2 is 2.54 bits per heavy atom. The van der Waals surface area contributed by atoms with E-state index in [4.69, 9.17) is 11.6 Å². The number of nitrogens with one attached hydrogen (secondary N) is 2. The van der Waals surface area contributed by atoms with E-state index < -0.39 is 0 Å². The first-order valence-electron chi connectivity index (χ1n) is 3.80. The molecule has 13 heavy (non-hydrogen) atoms. The van der Waals surface area contributed by atoms with Gasteiger partial charge in [0.25, 0.3) is 0 Å². The molecule has 68 valence electrons. The second kappa shape index (κ2) is 3.81. The summed E-state index contributed by atoms with van der Waals surface area (Å²) in [6.45, 7) is 0.735. The number of thiophene rings is 1. The molecule has 0 aliphatic carbocycles. The number of anilines is 1. The van der Waals surface area contributed by atoms with Gasteiger partial charge >= 0.3 is 0 Å². The first-order valence-corrected chi connectivity index (χ1v) is 5.06. The van der Waals surface area contributed by atoms with Gasteiger partial charge in [0.1, 0.15) is 5.82 Å². The zero-order chi connectivity index (χ0) is 9.10. The highest BCUT2D eigenvalue weighted by molar-refractivity contribution is 7.10. The standard InChI is InChI=1S/C8H8ClN3S/c9-6-1-2-13-7(6)3-11-8-4-10-5-12-8/h1-2,4-5,11H,3H2,(H,10,12). The third kappa shape index (κ3) is 2.02. The van der Waals surface area contributed by atoms with Crippen molar-refractivity contribution in [3.63, 3.8) is 0 Å². The van der Waals surface area contributed by atoms with Crippen LogP contribution in [0.5, 0.6) is 0 Å². The normalized spacial score (nSPS) is 10.2. The van der Waals surface area contributed by atoms with E-state index in [0.717, 1.165) is 22.3 Å². The zero-order valence-electron chi connectivity index (χ0n) is 6.75. The SMILES string of the molecule is Clc1ccsc1CNc1cnc[nH]1. The van der Waals surface area contributed by atoms with Crippen LogP contribution in [0.15, 0.2) is 24.0 Å². The van der Waals surface area contributed by atoms with E-state index in [1.807, 2.05) is 11.4 Å². The fourth-order valence-electron chi connectivity index (χ4n) is 0.979. The molecule has 0 aromatic carbocycles. The number of hydrogen-bond donors (Lipinski definition) is 2. The molecule has 0 unspecified atom stereocenters. The summed E-state index contributed by atoms with van der Waals surface area (Å²) in [7, 11) is 0. The lowest BCUT2D eigenvalue weighted by Crippen LogP contribution is -1.97. The lowest BCUT2D eigenvalue weighted by atomic mass is 10.4. The number of nitrogens with zero attached hydrogens (tertiary/aromatic N) is 1. The molecule has 5 heteroatoms. The van der Waals surface area contributed by atoms with Crippen molar-refractivity contribution in [2.75, 3.05) is 5.32 Å². The maximum Gasteiger partial charge on any atom is 0.123 e. The molecular formula is C8H8ClN3S. The number of aromatic nitrogens is 2. The van der Waals surface area contributed by atoms with E-state index in [-0.39, 0.29) is 0 Å². The molecule has 2 aromatic rings. The first kappa shape index (κ1) is 8.59. The number of aromatic amines is 1. The highest BCUT2D eigenvalue weighted by Crippen LogP contribution is 2.22. The van der Waals surface area contributed by atoms with Gasteiger partial charge in [0, 0.05) is 4.88 Å². The van der Waals surface area contributed by atoms with Crippen LogP contribution in [-0.2, 0) is 6.54 Å². The smallest absolute Gasteiger partial charge is 0.123 e. The van der Waals surface area contributed by atoms with Gasteiger partial charge in [-0.05, 0) is 11.4 Å². The van der Waals surface area contributed by atoms with Gasteiger partial charge in [0.05, 0.1) is 24.1 Å². The van der Waals surface area contributed by atoms with Crippen molar-refractivity contribution in [1.29, 1.82) is 0 Å². The number of hydrogen-bond acceptors (Lipinski definition) is 3. The molecule has 0 fully saturated rings. The van der Waals surface area contributed by atoms with Crippen molar-refractivity contribution < 1.29 is 0 Å². The van der Waals surface area contributed by atoms with E-state index in [2.05, 4.69) is 15.3 Å². The molecule has 2 N–H and O–H groups in total. The van der Waals surface area contributed by atoms with Crippen LogP contribution in [0, 0.1) is 0 Å². The molecule has 2 heterocycles. The Morgan fingerprint density at radius 1 is 1.62 bits per heavy atom. The monoisotopic (exact) mass is 213 g/mol. The lowest BCUT2D eigenvalue weighted by molar-refractivity contribution is 1.16. The minimum Gasteiger partial charge on any atom is -0.365 e. The number of imidazole rings is 1. The summed E-state index contributed by atoms with van der Waals surface area (Å²) >= 11 is 7.57. The summed E-state index contributed by atoms with van der Waals surface area (Å²) in [6, 6.07) is 1.90. The van der Waals surface area contributed by atoms with E-state index >= 15 is 0 Å². The number of H-pyrrole nitrogens is 1. The van der Waals surface area contributed by atoms with E-state index in [1.165, 1.54) is 0 Å². The Kier molecular flexibility index (Phi) is 2.52. The van der Waals surface area contributed by atoms with Gasteiger partial charge in [0.15, 0.2) is 0 Å². The minimum atomic E-state index is 0.735. The summed E-state index contributed by atoms with van der Waals surface area (Å²) < 4.78 is 0. The molecule has 0 saturated heterocycles. The molecule has 0 bridgehead atoms. The van der Waals surface area contributed by atoms with Crippen molar-refractivity contribution in [2.24, 2.45) is 0 Å². The van der Waals surface area contributed by atoms with Crippen LogP contribution in [0.2, 0.25) is 5.02 Å². The van der Waals surface area contributed by atoms with Crippen molar-refractivity contribution in [2.45, 2.75) is 6.54 Å². The maximum atomic E-state index is 5.92. The van der Waals surface area contributed by atoms with Gasteiger partial charge in [0.2, 0.25) is 0 Å². The van der Waals surface area contributed by atoms with Crippen LogP contribution in [0.3, 0.4) is 0 Å². The fourth-order valence-corrected chi connectivity index (χ4v) is 2.02. The number of rotatable bonds is 3. The van der Waals surface area contributed by atoms with E-state index in [1.54, 1.807) is 23.9 Å². The molecular weight excluding hydrogens is 206 g/mol. The second-order valence-electron chi connectivity index (χ2n) is 2.51. The summed E-state index contributed by atoms with van der Waals surface area (Å²) in [4.78, 5) is 7.99. The highest BCUT2D eigenvalue weighted by atomic mass is 35.5. The van der Waals surface area contributed by atoms with Crippen LogP contribution in [0.25, 0.3) is 0 Å². The third-order valence-corrected chi connectivity index (χ3v) is 3.02. The molecule has 0 aliphatic rings. The van der Waals surface area contributed by atoms with Crippen molar-refractivity contribution in [3.8, 4) is 0 Å². The molecule has 0 aliphatic heterocycles. The summed E-state index contributed by atoms with van der Waals surface area (Å²) in [5.74, 6) is 0.907. The van der Waals surface area contributed by atoms with Gasteiger partial charge in [-0.25, -0.2) is 4.98 Å². The molecule has 0 atom stereocenters. The first-order chi connectivity index (χ1) is 6.36. The predicted molar refractivity (Wildman–Crippen MR) is 55.2 cm³/mol. The predicted octanol–water partition coefficient (Wildman–Crippen LogP) is 2.74. The topological polar surface area (TPSA) is 40.7 Å². The molecule has 0 amide bonds. The van der Waals surface area contributed by atoms with Crippen molar-refractivity contribution in [1.82, 2.24) is 9.97 Å². The van der Waals surface area contributed by atoms with Gasteiger partial charge in [-0.1, -0.05) is 11.6 Å². The van der Waals surface area contributed by atoms with Gasteiger partial charge in [-0.3, -0.25) is 0 Å². The Balaban J connectivity index is 1.97. The van der Waals surface area contributed by atoms with Crippen LogP contribution >= 0.6 is 22.9 Å². The molecule has 2 rings (SSSR count). The van der Waals surface area contributed by atoms with E-state index in [0.29, 0.717) is 0 Å². The molecule has 0 spiro atoms. The molecule has 3 nitrogen and oxygen atoms in total. The quantitative estimate of drug-likeness (QED) is 0.823. The van der Waals surface area contributed by atoms with Crippen molar-refractivity contribution in [3.05, 3.63) is 33.9 Å². The Morgan fingerprint density at radius 3 is 3.15 bits per heavy atom. The van der Waals surface area contributed by atoms with Gasteiger partial charge < -0.3 is 10.3 Å². The maximum absolute atomic E-state index is 5.92. The number of halogens is 1. The summed E-state index contributed by atoms with van der Waals surface area (Å²) in [6.07, 6.45) is 3.37. The highest BCUT2D eigenvalue weighted by Gasteiger charge is 2.00. The molecule has 0 radical (unpaired) electrons. The van der Waals surface area contributed by atoms with Crippen LogP contribution < -0.4 is 5.32 Å². The molecule has 0 saturated carbocycles. The zero-order valence-corrected chi connectivity index (χ0v) is 8.32. The fraction of sp³-hybridized carbons (Fsp3) is 0.125. The van der Waals surface area contributed by atoms with Crippen LogP contribution in [0.1, 0.15) is 4.88 Å².